The number of carboxylic acid groups (broad SMARTS) is 1. The molecule has 5 aromatic rings. The van der Waals surface area contributed by atoms with Crippen LogP contribution >= 0.6 is 0 Å². The molecule has 0 bridgehead atoms. The third-order valence-corrected chi connectivity index (χ3v) is 8.77. The van der Waals surface area contributed by atoms with Crippen molar-refractivity contribution < 1.29 is 41.0 Å². The first-order chi connectivity index (χ1) is 20.9. The van der Waals surface area contributed by atoms with Crippen LogP contribution in [0, 0.1) is 17.5 Å². The molecule has 6 rings (SSSR count). The molecule has 0 fully saturated rings. The van der Waals surface area contributed by atoms with Gasteiger partial charge in [-0.1, -0.05) is 18.2 Å². The second kappa shape index (κ2) is 10.7. The standard InChI is InChI=1S/C30H25F3N4O6S/c1-30(10-12-42-26-15(5-8-22(38)39)3-2-4-19(26)30)21-14-36-29(37-21)18-13-16(6-7-20(18)31)43-27-24(33)23(32)25-17(9-11-35-25)28(27)44(34,40)41/h2-4,6-7,9,11,13-14,35H,5,8,10,12H2,1H3,(H,36,37)(H,38,39)(H2,34,40,41). The fourth-order valence-electron chi connectivity index (χ4n) is 5.54. The molecule has 0 saturated carbocycles. The third-order valence-electron chi connectivity index (χ3n) is 7.80. The van der Waals surface area contributed by atoms with E-state index < -0.39 is 55.0 Å². The maximum absolute atomic E-state index is 15.1. The smallest absolute Gasteiger partial charge is 0.303 e. The van der Waals surface area contributed by atoms with Gasteiger partial charge in [-0.2, -0.15) is 4.39 Å². The molecule has 1 unspecified atom stereocenters. The van der Waals surface area contributed by atoms with E-state index >= 15 is 8.78 Å². The first kappa shape index (κ1) is 29.3. The molecule has 5 N–H and O–H groups in total. The lowest BCUT2D eigenvalue weighted by Gasteiger charge is -2.35. The van der Waals surface area contributed by atoms with Crippen LogP contribution in [0.2, 0.25) is 0 Å². The average molecular weight is 627 g/mol. The second-order valence-electron chi connectivity index (χ2n) is 10.6. The second-order valence-corrected chi connectivity index (χ2v) is 12.1. The highest BCUT2D eigenvalue weighted by Crippen LogP contribution is 2.45. The first-order valence-corrected chi connectivity index (χ1v) is 14.9. The van der Waals surface area contributed by atoms with E-state index in [4.69, 9.17) is 19.7 Å². The molecular formula is C30H25F3N4O6S. The van der Waals surface area contributed by atoms with Crippen molar-refractivity contribution >= 4 is 26.9 Å². The van der Waals surface area contributed by atoms with Gasteiger partial charge in [0, 0.05) is 35.2 Å². The maximum atomic E-state index is 15.1. The number of carboxylic acids is 1. The molecule has 228 valence electrons. The topological polar surface area (TPSA) is 160 Å². The number of halogens is 3. The Bertz CT molecular complexity index is 2060. The predicted octanol–water partition coefficient (Wildman–Crippen LogP) is 5.52. The summed E-state index contributed by atoms with van der Waals surface area (Å²) in [6.07, 6.45) is 3.60. The van der Waals surface area contributed by atoms with E-state index in [0.717, 1.165) is 23.3 Å². The molecule has 44 heavy (non-hydrogen) atoms. The van der Waals surface area contributed by atoms with Crippen molar-refractivity contribution in [3.05, 3.63) is 89.1 Å². The van der Waals surface area contributed by atoms with Crippen LogP contribution < -0.4 is 14.6 Å². The number of para-hydroxylation sites is 1. The lowest BCUT2D eigenvalue weighted by molar-refractivity contribution is -0.136. The minimum atomic E-state index is -4.59. The van der Waals surface area contributed by atoms with Gasteiger partial charge in [0.05, 0.1) is 23.4 Å². The largest absolute Gasteiger partial charge is 0.493 e. The molecule has 3 heterocycles. The average Bonchev–Trinajstić information content (AvgIpc) is 3.66. The number of imidazole rings is 1. The summed E-state index contributed by atoms with van der Waals surface area (Å²) in [5, 5.41) is 14.3. The Hall–Kier alpha value is -4.82. The number of aryl methyl sites for hydroxylation is 1. The summed E-state index contributed by atoms with van der Waals surface area (Å²) in [6, 6.07) is 10.0. The highest BCUT2D eigenvalue weighted by molar-refractivity contribution is 7.89. The summed E-state index contributed by atoms with van der Waals surface area (Å²) < 4.78 is 81.3. The quantitative estimate of drug-likeness (QED) is 0.176. The number of primary sulfonamides is 1. The van der Waals surface area contributed by atoms with Gasteiger partial charge in [-0.15, -0.1) is 0 Å². The SMILES string of the molecule is CC1(c2c[nH]c(-c3cc(Oc4c(F)c(F)c5[nH]ccc5c4S(N)(=O)=O)ccc3F)n2)CCOc2c(CCC(=O)O)cccc21. The normalized spacial score (nSPS) is 16.5. The van der Waals surface area contributed by atoms with Gasteiger partial charge in [-0.3, -0.25) is 4.79 Å². The van der Waals surface area contributed by atoms with Crippen LogP contribution in [0.4, 0.5) is 13.2 Å². The molecule has 0 amide bonds. The number of aromatic amines is 2. The zero-order valence-corrected chi connectivity index (χ0v) is 23.9. The minimum absolute atomic E-state index is 0.0605. The lowest BCUT2D eigenvalue weighted by atomic mass is 9.74. The molecule has 0 spiro atoms. The molecule has 1 aliphatic heterocycles. The monoisotopic (exact) mass is 626 g/mol. The van der Waals surface area contributed by atoms with E-state index in [1.165, 1.54) is 18.3 Å². The van der Waals surface area contributed by atoms with E-state index in [0.29, 0.717) is 24.5 Å². The molecule has 10 nitrogen and oxygen atoms in total. The number of hydrogen-bond acceptors (Lipinski definition) is 6. The van der Waals surface area contributed by atoms with Crippen LogP contribution in [0.1, 0.15) is 36.6 Å². The number of benzene rings is 3. The van der Waals surface area contributed by atoms with Crippen molar-refractivity contribution in [1.29, 1.82) is 0 Å². The predicted molar refractivity (Wildman–Crippen MR) is 153 cm³/mol. The Labute approximate surface area is 248 Å². The summed E-state index contributed by atoms with van der Waals surface area (Å²) in [7, 11) is -4.59. The number of nitrogens with two attached hydrogens (primary N) is 1. The number of aromatic nitrogens is 3. The lowest BCUT2D eigenvalue weighted by Crippen LogP contribution is -2.32. The summed E-state index contributed by atoms with van der Waals surface area (Å²) >= 11 is 0. The number of rotatable bonds is 8. The molecule has 0 aliphatic carbocycles. The van der Waals surface area contributed by atoms with Gasteiger partial charge in [0.2, 0.25) is 15.8 Å². The van der Waals surface area contributed by atoms with Crippen LogP contribution in [0.3, 0.4) is 0 Å². The number of ether oxygens (including phenoxy) is 2. The Morgan fingerprint density at radius 3 is 2.70 bits per heavy atom. The van der Waals surface area contributed by atoms with E-state index in [-0.39, 0.29) is 35.4 Å². The third kappa shape index (κ3) is 4.95. The molecule has 1 aliphatic rings. The van der Waals surface area contributed by atoms with Gasteiger partial charge in [0.25, 0.3) is 0 Å². The molecule has 3 aromatic carbocycles. The molecule has 0 radical (unpaired) electrons. The Morgan fingerprint density at radius 1 is 1.16 bits per heavy atom. The van der Waals surface area contributed by atoms with Crippen LogP contribution in [-0.2, 0) is 26.7 Å². The summed E-state index contributed by atoms with van der Waals surface area (Å²) in [5.74, 6) is -5.10. The van der Waals surface area contributed by atoms with Crippen LogP contribution in [0.5, 0.6) is 17.2 Å². The van der Waals surface area contributed by atoms with E-state index in [1.807, 2.05) is 25.1 Å². The minimum Gasteiger partial charge on any atom is -0.493 e. The molecule has 0 saturated heterocycles. The van der Waals surface area contributed by atoms with Crippen LogP contribution in [0.15, 0.2) is 59.8 Å². The Morgan fingerprint density at radius 2 is 1.95 bits per heavy atom. The van der Waals surface area contributed by atoms with Gasteiger partial charge < -0.3 is 24.5 Å². The van der Waals surface area contributed by atoms with Crippen LogP contribution in [-0.4, -0.2) is 41.1 Å². The fraction of sp³-hybridized carbons (Fsp3) is 0.200. The maximum Gasteiger partial charge on any atom is 0.303 e. The molecule has 14 heteroatoms. The van der Waals surface area contributed by atoms with Gasteiger partial charge in [0.15, 0.2) is 11.6 Å². The Kier molecular flexibility index (Phi) is 7.13. The number of fused-ring (bicyclic) bond motifs is 2. The number of hydrogen-bond donors (Lipinski definition) is 4. The number of sulfonamides is 1. The van der Waals surface area contributed by atoms with Crippen molar-refractivity contribution in [2.24, 2.45) is 5.14 Å². The number of nitrogens with one attached hydrogen (secondary N) is 2. The van der Waals surface area contributed by atoms with Crippen molar-refractivity contribution in [2.75, 3.05) is 6.61 Å². The molecular weight excluding hydrogens is 601 g/mol. The molecule has 1 atom stereocenters. The van der Waals surface area contributed by atoms with Crippen molar-refractivity contribution in [3.63, 3.8) is 0 Å². The van der Waals surface area contributed by atoms with E-state index in [9.17, 15) is 17.6 Å². The van der Waals surface area contributed by atoms with Gasteiger partial charge in [-0.25, -0.2) is 27.3 Å². The van der Waals surface area contributed by atoms with Crippen molar-refractivity contribution in [3.8, 4) is 28.6 Å². The van der Waals surface area contributed by atoms with E-state index in [1.54, 1.807) is 6.20 Å². The molecule has 2 aromatic heterocycles. The van der Waals surface area contributed by atoms with Crippen molar-refractivity contribution in [2.45, 2.75) is 36.5 Å². The number of H-pyrrole nitrogens is 2. The summed E-state index contributed by atoms with van der Waals surface area (Å²) in [4.78, 5) is 20.4. The highest BCUT2D eigenvalue weighted by atomic mass is 32.2. The summed E-state index contributed by atoms with van der Waals surface area (Å²) in [5.41, 5.74) is 0.946. The van der Waals surface area contributed by atoms with Crippen molar-refractivity contribution in [1.82, 2.24) is 15.0 Å². The van der Waals surface area contributed by atoms with Gasteiger partial charge in [-0.05, 0) is 49.6 Å². The number of carbonyl (C=O) groups is 1. The number of aliphatic carboxylic acids is 1. The van der Waals surface area contributed by atoms with Gasteiger partial charge in [0.1, 0.15) is 28.0 Å². The highest BCUT2D eigenvalue weighted by Gasteiger charge is 2.38. The zero-order valence-electron chi connectivity index (χ0n) is 23.1. The Balaban J connectivity index is 1.38. The number of nitrogens with zero attached hydrogens (tertiary/aromatic N) is 1. The van der Waals surface area contributed by atoms with Crippen LogP contribution in [0.25, 0.3) is 22.3 Å². The zero-order chi connectivity index (χ0) is 31.4. The first-order valence-electron chi connectivity index (χ1n) is 13.4. The fourth-order valence-corrected chi connectivity index (χ4v) is 6.41. The summed E-state index contributed by atoms with van der Waals surface area (Å²) in [6.45, 7) is 2.29. The van der Waals surface area contributed by atoms with Gasteiger partial charge >= 0.3 is 5.97 Å². The van der Waals surface area contributed by atoms with E-state index in [2.05, 4.69) is 15.0 Å².